The third-order valence-corrected chi connectivity index (χ3v) is 2.88. The smallest absolute Gasteiger partial charge is 0.864 e. The molecule has 3 nitrogen and oxygen atoms in total. The number of hydrogen-bond acceptors (Lipinski definition) is 3. The summed E-state index contributed by atoms with van der Waals surface area (Å²) in [5.41, 5.74) is 1.51. The molecule has 0 saturated heterocycles. The molecule has 0 saturated carbocycles. The topological polar surface area (TPSA) is 40.9 Å². The summed E-state index contributed by atoms with van der Waals surface area (Å²) in [4.78, 5) is 0. The Bertz CT molecular complexity index is 673. The maximum Gasteiger partial charge on any atom is 1.00 e. The van der Waals surface area contributed by atoms with Crippen LogP contribution in [0.3, 0.4) is 0 Å². The molecule has 2 rings (SSSR count). The van der Waals surface area contributed by atoms with Crippen LogP contribution in [0.5, 0.6) is 0 Å². The molecule has 19 heavy (non-hydrogen) atoms. The first-order chi connectivity index (χ1) is 8.58. The number of rotatable bonds is 1. The van der Waals surface area contributed by atoms with Gasteiger partial charge in [0.15, 0.2) is 0 Å². The van der Waals surface area contributed by atoms with Crippen molar-refractivity contribution in [1.29, 1.82) is 0 Å². The first kappa shape index (κ1) is 16.2. The maximum atomic E-state index is 11.2. The summed E-state index contributed by atoms with van der Waals surface area (Å²) >= 11 is 10.6. The molecule has 0 spiro atoms. The molecule has 90 valence electrons. The van der Waals surface area contributed by atoms with Gasteiger partial charge in [-0.1, -0.05) is 41.9 Å². The van der Waals surface area contributed by atoms with Crippen molar-refractivity contribution in [2.75, 3.05) is 0 Å². The van der Waals surface area contributed by atoms with Crippen LogP contribution in [0.2, 0.25) is 5.02 Å². The van der Waals surface area contributed by atoms with Crippen LogP contribution in [0, 0.1) is 11.8 Å². The average molecular weight is 299 g/mol. The molecule has 0 aliphatic rings. The van der Waals surface area contributed by atoms with Crippen molar-refractivity contribution in [3.8, 4) is 11.8 Å². The van der Waals surface area contributed by atoms with Crippen LogP contribution in [-0.4, -0.2) is 14.8 Å². The van der Waals surface area contributed by atoms with Gasteiger partial charge < -0.3 is 5.11 Å². The number of nitrogens with zero attached hydrogens (tertiary/aromatic N) is 2. The standard InChI is InChI=1S/C13H9ClN2OS.Na/c1-16-8-7-10(15-16)6-5-9-3-2-4-11(12(9)14)13(17)18;/h2-4,7-8H,1H3,(H,17,18);/q;+1/p-1. The summed E-state index contributed by atoms with van der Waals surface area (Å²) in [6, 6.07) is 6.82. The Kier molecular flexibility index (Phi) is 6.05. The normalized spacial score (nSPS) is 9.16. The zero-order chi connectivity index (χ0) is 13.1. The fourth-order valence-electron chi connectivity index (χ4n) is 1.40. The first-order valence-corrected chi connectivity index (χ1v) is 5.88. The average Bonchev–Trinajstić information content (AvgIpc) is 2.73. The molecule has 1 aromatic heterocycles. The van der Waals surface area contributed by atoms with Crippen molar-refractivity contribution in [2.45, 2.75) is 0 Å². The van der Waals surface area contributed by atoms with Crippen LogP contribution in [-0.2, 0) is 7.05 Å². The maximum absolute atomic E-state index is 11.2. The van der Waals surface area contributed by atoms with Crippen molar-refractivity contribution in [2.24, 2.45) is 7.05 Å². The minimum absolute atomic E-state index is 0. The van der Waals surface area contributed by atoms with Gasteiger partial charge in [0.25, 0.3) is 0 Å². The SMILES string of the molecule is Cn1ccc(C#Cc2cccc(C([O-])=S)c2Cl)n1.[Na+]. The van der Waals surface area contributed by atoms with E-state index in [0.717, 1.165) is 0 Å². The molecule has 0 amide bonds. The summed E-state index contributed by atoms with van der Waals surface area (Å²) in [5, 5.41) is 15.1. The van der Waals surface area contributed by atoms with Gasteiger partial charge in [-0.05, 0) is 28.7 Å². The monoisotopic (exact) mass is 298 g/mol. The molecule has 0 atom stereocenters. The number of benzene rings is 1. The molecule has 0 unspecified atom stereocenters. The third kappa shape index (κ3) is 4.07. The third-order valence-electron chi connectivity index (χ3n) is 2.26. The van der Waals surface area contributed by atoms with E-state index in [1.165, 1.54) is 0 Å². The predicted molar refractivity (Wildman–Crippen MR) is 72.3 cm³/mol. The van der Waals surface area contributed by atoms with E-state index in [1.54, 1.807) is 35.1 Å². The van der Waals surface area contributed by atoms with E-state index in [1.807, 2.05) is 7.05 Å². The fourth-order valence-corrected chi connectivity index (χ4v) is 1.88. The zero-order valence-corrected chi connectivity index (χ0v) is 14.0. The summed E-state index contributed by atoms with van der Waals surface area (Å²) in [5.74, 6) is 5.76. The second-order valence-electron chi connectivity index (χ2n) is 3.58. The molecule has 1 heterocycles. The molecule has 0 fully saturated rings. The quantitative estimate of drug-likeness (QED) is 0.366. The van der Waals surface area contributed by atoms with E-state index in [2.05, 4.69) is 29.2 Å². The van der Waals surface area contributed by atoms with E-state index in [9.17, 15) is 5.11 Å². The van der Waals surface area contributed by atoms with Gasteiger partial charge in [0.2, 0.25) is 0 Å². The Balaban J connectivity index is 0.00000180. The largest absolute Gasteiger partial charge is 1.00 e. The van der Waals surface area contributed by atoms with Gasteiger partial charge >= 0.3 is 29.6 Å². The fraction of sp³-hybridized carbons (Fsp3) is 0.0769. The molecule has 0 aliphatic heterocycles. The molecular formula is C13H8ClN2NaOS. The number of hydrogen-bond donors (Lipinski definition) is 0. The minimum atomic E-state index is -0.485. The zero-order valence-electron chi connectivity index (χ0n) is 10.5. The van der Waals surface area contributed by atoms with Gasteiger partial charge in [-0.3, -0.25) is 4.68 Å². The molecule has 0 N–H and O–H groups in total. The van der Waals surface area contributed by atoms with Gasteiger partial charge in [-0.2, -0.15) is 5.10 Å². The van der Waals surface area contributed by atoms with Crippen LogP contribution in [0.15, 0.2) is 30.5 Å². The molecule has 0 radical (unpaired) electrons. The Labute approximate surface area is 143 Å². The Morgan fingerprint density at radius 2 is 2.11 bits per heavy atom. The summed E-state index contributed by atoms with van der Waals surface area (Å²) in [6.07, 6.45) is 1.80. The van der Waals surface area contributed by atoms with E-state index in [-0.39, 0.29) is 29.6 Å². The van der Waals surface area contributed by atoms with Crippen molar-refractivity contribution in [3.63, 3.8) is 0 Å². The van der Waals surface area contributed by atoms with Crippen LogP contribution < -0.4 is 34.7 Å². The molecule has 2 aromatic rings. The van der Waals surface area contributed by atoms with E-state index in [4.69, 9.17) is 11.6 Å². The van der Waals surface area contributed by atoms with Gasteiger partial charge in [0.1, 0.15) is 5.69 Å². The minimum Gasteiger partial charge on any atom is -0.864 e. The molecule has 6 heteroatoms. The Hall–Kier alpha value is -0.830. The number of aromatic nitrogens is 2. The number of aryl methyl sites for hydroxylation is 1. The van der Waals surface area contributed by atoms with Crippen molar-refractivity contribution in [1.82, 2.24) is 9.78 Å². The van der Waals surface area contributed by atoms with Crippen molar-refractivity contribution in [3.05, 3.63) is 52.3 Å². The first-order valence-electron chi connectivity index (χ1n) is 5.09. The van der Waals surface area contributed by atoms with Crippen LogP contribution in [0.1, 0.15) is 16.8 Å². The summed E-state index contributed by atoms with van der Waals surface area (Å²) in [6.45, 7) is 0. The molecule has 0 bridgehead atoms. The predicted octanol–water partition coefficient (Wildman–Crippen LogP) is -1.49. The van der Waals surface area contributed by atoms with E-state index < -0.39 is 5.05 Å². The number of thiocarbonyl (C=S) groups is 1. The van der Waals surface area contributed by atoms with E-state index in [0.29, 0.717) is 21.8 Å². The van der Waals surface area contributed by atoms with Gasteiger partial charge in [0.05, 0.1) is 5.02 Å². The van der Waals surface area contributed by atoms with E-state index >= 15 is 0 Å². The van der Waals surface area contributed by atoms with Crippen molar-refractivity contribution >= 4 is 28.9 Å². The summed E-state index contributed by atoms with van der Waals surface area (Å²) in [7, 11) is 1.81. The Morgan fingerprint density at radius 1 is 1.37 bits per heavy atom. The second kappa shape index (κ2) is 7.09. The van der Waals surface area contributed by atoms with Crippen molar-refractivity contribution < 1.29 is 34.7 Å². The molecule has 1 aromatic carbocycles. The van der Waals surface area contributed by atoms with Gasteiger partial charge in [-0.25, -0.2) is 0 Å². The van der Waals surface area contributed by atoms with Crippen LogP contribution in [0.25, 0.3) is 0 Å². The molecular weight excluding hydrogens is 291 g/mol. The van der Waals surface area contributed by atoms with Gasteiger partial charge in [-0.15, -0.1) is 0 Å². The molecule has 0 aliphatic carbocycles. The van der Waals surface area contributed by atoms with Crippen LogP contribution >= 0.6 is 23.8 Å². The Morgan fingerprint density at radius 3 is 2.68 bits per heavy atom. The summed E-state index contributed by atoms with van der Waals surface area (Å²) < 4.78 is 1.66. The second-order valence-corrected chi connectivity index (χ2v) is 4.33. The van der Waals surface area contributed by atoms with Gasteiger partial charge in [0, 0.05) is 18.8 Å². The van der Waals surface area contributed by atoms with Crippen LogP contribution in [0.4, 0.5) is 0 Å². The number of halogens is 1.